The summed E-state index contributed by atoms with van der Waals surface area (Å²) < 4.78 is 12.1. The summed E-state index contributed by atoms with van der Waals surface area (Å²) in [5.74, 6) is -4.80. The molecular formula is C31H47NO6. The van der Waals surface area contributed by atoms with Crippen molar-refractivity contribution in [2.24, 2.45) is 23.7 Å². The predicted octanol–water partition coefficient (Wildman–Crippen LogP) is 4.93. The summed E-state index contributed by atoms with van der Waals surface area (Å²) in [6.07, 6.45) is 3.87. The van der Waals surface area contributed by atoms with E-state index in [4.69, 9.17) is 9.47 Å². The second-order valence-electron chi connectivity index (χ2n) is 11.9. The molecule has 0 saturated carbocycles. The molecule has 7 nitrogen and oxygen atoms in total. The molecule has 1 N–H and O–H groups in total. The van der Waals surface area contributed by atoms with Gasteiger partial charge in [0.25, 0.3) is 5.91 Å². The number of carbonyl (C=O) groups excluding carboxylic acids is 3. The topological polar surface area (TPSA) is 93.1 Å². The normalized spacial score (nSPS) is 28.2. The van der Waals surface area contributed by atoms with Crippen molar-refractivity contribution >= 4 is 17.7 Å². The highest BCUT2D eigenvalue weighted by atomic mass is 16.6. The lowest BCUT2D eigenvalue weighted by Gasteiger charge is -2.40. The van der Waals surface area contributed by atoms with Gasteiger partial charge in [0.2, 0.25) is 5.78 Å². The van der Waals surface area contributed by atoms with Gasteiger partial charge in [-0.05, 0) is 68.3 Å². The first kappa shape index (κ1) is 30.3. The van der Waals surface area contributed by atoms with E-state index in [0.29, 0.717) is 25.7 Å². The molecule has 6 atom stereocenters. The zero-order valence-electron chi connectivity index (χ0n) is 24.0. The van der Waals surface area contributed by atoms with E-state index in [1.807, 2.05) is 45.9 Å². The maximum atomic E-state index is 13.8. The number of ether oxygens (including phenoxy) is 2. The van der Waals surface area contributed by atoms with Gasteiger partial charge in [0, 0.05) is 12.5 Å². The van der Waals surface area contributed by atoms with Crippen molar-refractivity contribution in [3.05, 3.63) is 35.9 Å². The molecule has 5 unspecified atom stereocenters. The number of esters is 1. The number of aliphatic hydroxyl groups is 1. The molecule has 2 aliphatic heterocycles. The van der Waals surface area contributed by atoms with Crippen molar-refractivity contribution in [2.45, 2.75) is 111 Å². The van der Waals surface area contributed by atoms with Crippen LogP contribution >= 0.6 is 0 Å². The maximum Gasteiger partial charge on any atom is 0.329 e. The van der Waals surface area contributed by atoms with E-state index in [1.165, 1.54) is 10.5 Å². The third kappa shape index (κ3) is 6.84. The number of amides is 1. The third-order valence-corrected chi connectivity index (χ3v) is 8.30. The summed E-state index contributed by atoms with van der Waals surface area (Å²) in [6.45, 7) is 12.1. The number of rotatable bonds is 9. The van der Waals surface area contributed by atoms with Gasteiger partial charge in [0.15, 0.2) is 0 Å². The Morgan fingerprint density at radius 1 is 1.11 bits per heavy atom. The number of hydrogen-bond acceptors (Lipinski definition) is 6. The fraction of sp³-hybridized carbons (Fsp3) is 0.710. The molecule has 0 spiro atoms. The van der Waals surface area contributed by atoms with E-state index in [-0.39, 0.29) is 30.4 Å². The molecule has 7 heteroatoms. The molecule has 1 aromatic carbocycles. The van der Waals surface area contributed by atoms with Crippen molar-refractivity contribution in [1.82, 2.24) is 4.90 Å². The molecule has 212 valence electrons. The Morgan fingerprint density at radius 2 is 1.79 bits per heavy atom. The number of piperidine rings is 1. The van der Waals surface area contributed by atoms with Gasteiger partial charge in [0.05, 0.1) is 6.10 Å². The van der Waals surface area contributed by atoms with Crippen molar-refractivity contribution < 1.29 is 29.0 Å². The van der Waals surface area contributed by atoms with Crippen molar-refractivity contribution in [2.75, 3.05) is 6.54 Å². The van der Waals surface area contributed by atoms with Crippen LogP contribution in [-0.2, 0) is 30.3 Å². The summed E-state index contributed by atoms with van der Waals surface area (Å²) in [5.41, 5.74) is 1.19. The highest BCUT2D eigenvalue weighted by Gasteiger charge is 2.54. The number of ketones is 1. The first-order valence-corrected chi connectivity index (χ1v) is 14.5. The average molecular weight is 530 g/mol. The van der Waals surface area contributed by atoms with Crippen LogP contribution in [0.2, 0.25) is 0 Å². The Morgan fingerprint density at radius 3 is 2.39 bits per heavy atom. The summed E-state index contributed by atoms with van der Waals surface area (Å²) in [4.78, 5) is 42.1. The minimum Gasteiger partial charge on any atom is -0.460 e. The highest BCUT2D eigenvalue weighted by Crippen LogP contribution is 2.34. The highest BCUT2D eigenvalue weighted by molar-refractivity contribution is 6.09. The standard InChI is InChI=1S/C31H47NO6/c1-7-24(19-23-13-9-8-10-14-23)27(21(4)5)37-29(34)25-15-11-12-18-32(25)30(35)31(36)28(33)22(6)16-17-26(38-31)20(2)3/h8-10,13-14,20-22,24-27,36H,7,11-12,15-19H2,1-6H3/t22?,24?,25?,26-,27?,31?/m1/s1. The molecule has 2 aliphatic rings. The number of Topliss-reactive ketones (excluding diaryl/α,β-unsaturated/α-hetero) is 1. The van der Waals surface area contributed by atoms with E-state index in [9.17, 15) is 19.5 Å². The Hall–Kier alpha value is -2.25. The molecular weight excluding hydrogens is 482 g/mol. The Kier molecular flexibility index (Phi) is 10.5. The van der Waals surface area contributed by atoms with Crippen LogP contribution in [0, 0.1) is 23.7 Å². The molecule has 0 aliphatic carbocycles. The van der Waals surface area contributed by atoms with Gasteiger partial charge < -0.3 is 19.5 Å². The summed E-state index contributed by atoms with van der Waals surface area (Å²) in [7, 11) is 0. The lowest BCUT2D eigenvalue weighted by atomic mass is 9.86. The second kappa shape index (κ2) is 13.2. The summed E-state index contributed by atoms with van der Waals surface area (Å²) in [5, 5.41) is 11.5. The van der Waals surface area contributed by atoms with Crippen LogP contribution in [-0.4, -0.2) is 58.2 Å². The van der Waals surface area contributed by atoms with Gasteiger partial charge in [-0.15, -0.1) is 0 Å². The Bertz CT molecular complexity index is 947. The van der Waals surface area contributed by atoms with E-state index in [1.54, 1.807) is 6.92 Å². The minimum absolute atomic E-state index is 0.0249. The molecule has 0 aromatic heterocycles. The number of hydrogen-bond donors (Lipinski definition) is 1. The lowest BCUT2D eigenvalue weighted by molar-refractivity contribution is -0.233. The van der Waals surface area contributed by atoms with Crippen LogP contribution in [0.3, 0.4) is 0 Å². The maximum absolute atomic E-state index is 13.8. The summed E-state index contributed by atoms with van der Waals surface area (Å²) >= 11 is 0. The van der Waals surface area contributed by atoms with Crippen molar-refractivity contribution in [3.8, 4) is 0 Å². The zero-order valence-corrected chi connectivity index (χ0v) is 24.0. The van der Waals surface area contributed by atoms with Crippen molar-refractivity contribution in [1.29, 1.82) is 0 Å². The summed E-state index contributed by atoms with van der Waals surface area (Å²) in [6, 6.07) is 9.31. The fourth-order valence-electron chi connectivity index (χ4n) is 5.85. The molecule has 2 fully saturated rings. The first-order valence-electron chi connectivity index (χ1n) is 14.5. The monoisotopic (exact) mass is 529 g/mol. The van der Waals surface area contributed by atoms with E-state index in [2.05, 4.69) is 19.1 Å². The van der Waals surface area contributed by atoms with Gasteiger partial charge in [-0.3, -0.25) is 9.59 Å². The molecule has 1 aromatic rings. The zero-order chi connectivity index (χ0) is 28.0. The molecule has 3 rings (SSSR count). The first-order chi connectivity index (χ1) is 18.0. The number of benzene rings is 1. The third-order valence-electron chi connectivity index (χ3n) is 8.30. The minimum atomic E-state index is -2.59. The fourth-order valence-corrected chi connectivity index (χ4v) is 5.85. The molecule has 1 amide bonds. The molecule has 38 heavy (non-hydrogen) atoms. The number of carbonyl (C=O) groups is 3. The van der Waals surface area contributed by atoms with Gasteiger partial charge >= 0.3 is 11.8 Å². The Labute approximate surface area is 228 Å². The van der Waals surface area contributed by atoms with Gasteiger partial charge in [0.1, 0.15) is 12.1 Å². The van der Waals surface area contributed by atoms with Crippen LogP contribution in [0.5, 0.6) is 0 Å². The van der Waals surface area contributed by atoms with E-state index in [0.717, 1.165) is 19.3 Å². The van der Waals surface area contributed by atoms with Crippen molar-refractivity contribution in [3.63, 3.8) is 0 Å². The Balaban J connectivity index is 1.83. The van der Waals surface area contributed by atoms with Crippen LogP contribution in [0.1, 0.15) is 85.6 Å². The van der Waals surface area contributed by atoms with E-state index >= 15 is 0 Å². The molecule has 0 bridgehead atoms. The molecule has 2 saturated heterocycles. The molecule has 0 radical (unpaired) electrons. The lowest BCUT2D eigenvalue weighted by Crippen LogP contribution is -2.62. The average Bonchev–Trinajstić information content (AvgIpc) is 3.02. The van der Waals surface area contributed by atoms with E-state index < -0.39 is 41.5 Å². The number of nitrogens with zero attached hydrogens (tertiary/aromatic N) is 1. The van der Waals surface area contributed by atoms with Gasteiger partial charge in [-0.2, -0.15) is 0 Å². The smallest absolute Gasteiger partial charge is 0.329 e. The SMILES string of the molecule is CCC(Cc1ccccc1)C(OC(=O)C1CCCCN1C(=O)C1(O)O[C@@H](C(C)C)CCC(C)C1=O)C(C)C. The van der Waals surface area contributed by atoms with Crippen LogP contribution in [0.15, 0.2) is 30.3 Å². The van der Waals surface area contributed by atoms with Crippen LogP contribution in [0.4, 0.5) is 0 Å². The van der Waals surface area contributed by atoms with Crippen LogP contribution in [0.25, 0.3) is 0 Å². The predicted molar refractivity (Wildman–Crippen MR) is 146 cm³/mol. The quantitative estimate of drug-likeness (QED) is 0.360. The second-order valence-corrected chi connectivity index (χ2v) is 11.9. The van der Waals surface area contributed by atoms with Gasteiger partial charge in [-0.25, -0.2) is 4.79 Å². The number of likely N-dealkylation sites (tertiary alicyclic amines) is 1. The molecule has 2 heterocycles. The largest absolute Gasteiger partial charge is 0.460 e. The van der Waals surface area contributed by atoms with Gasteiger partial charge in [-0.1, -0.05) is 71.9 Å². The van der Waals surface area contributed by atoms with Crippen LogP contribution < -0.4 is 0 Å².